The summed E-state index contributed by atoms with van der Waals surface area (Å²) in [5.74, 6) is -2.00. The number of hydrogen-bond donors (Lipinski definition) is 3. The molecule has 1 fully saturated rings. The number of carbonyl (C=O) groups excluding carboxylic acids is 2. The lowest BCUT2D eigenvalue weighted by Crippen LogP contribution is -2.35. The Kier molecular flexibility index (Phi) is 6.12. The van der Waals surface area contributed by atoms with E-state index < -0.39 is 23.1 Å². The first-order valence-electron chi connectivity index (χ1n) is 13.9. The van der Waals surface area contributed by atoms with Crippen molar-refractivity contribution in [3.63, 3.8) is 0 Å². The van der Waals surface area contributed by atoms with Gasteiger partial charge in [-0.05, 0) is 78.9 Å². The van der Waals surface area contributed by atoms with E-state index in [1.165, 1.54) is 12.1 Å². The zero-order valence-electron chi connectivity index (χ0n) is 23.1. The number of H-pyrrole nitrogens is 1. The van der Waals surface area contributed by atoms with Gasteiger partial charge in [-0.1, -0.05) is 18.2 Å². The Hall–Kier alpha value is -5.31. The molecule has 0 atom stereocenters. The zero-order chi connectivity index (χ0) is 29.9. The number of rotatable bonds is 7. The molecule has 7 rings (SSSR count). The number of primary amides is 1. The monoisotopic (exact) mass is 576 g/mol. The fraction of sp³-hybridized carbons (Fsp3) is 0.147. The van der Waals surface area contributed by atoms with E-state index in [-0.39, 0.29) is 40.2 Å². The molecule has 0 radical (unpaired) electrons. The van der Waals surface area contributed by atoms with Crippen LogP contribution in [0.3, 0.4) is 0 Å². The van der Waals surface area contributed by atoms with Crippen LogP contribution in [-0.2, 0) is 12.0 Å². The highest BCUT2D eigenvalue weighted by Gasteiger charge is 2.47. The number of hydrogen-bond acceptors (Lipinski definition) is 4. The molecule has 0 saturated heterocycles. The van der Waals surface area contributed by atoms with Crippen LogP contribution in [0.15, 0.2) is 83.7 Å². The largest absolute Gasteiger partial charge is 0.460 e. The Morgan fingerprint density at radius 1 is 1.02 bits per heavy atom. The van der Waals surface area contributed by atoms with Gasteiger partial charge in [-0.15, -0.1) is 0 Å². The predicted octanol–water partition coefficient (Wildman–Crippen LogP) is 6.67. The molecule has 7 nitrogen and oxygen atoms in total. The number of fused-ring (bicyclic) bond motifs is 2. The first-order chi connectivity index (χ1) is 20.7. The third kappa shape index (κ3) is 4.53. The molecule has 3 aromatic heterocycles. The molecule has 3 aromatic carbocycles. The van der Waals surface area contributed by atoms with Gasteiger partial charge in [0.25, 0.3) is 11.8 Å². The number of aromatic amines is 1. The van der Waals surface area contributed by atoms with E-state index in [0.29, 0.717) is 16.7 Å². The van der Waals surface area contributed by atoms with Gasteiger partial charge in [0.05, 0.1) is 28.2 Å². The van der Waals surface area contributed by atoms with Gasteiger partial charge in [0, 0.05) is 40.9 Å². The highest BCUT2D eigenvalue weighted by Crippen LogP contribution is 2.48. The van der Waals surface area contributed by atoms with Gasteiger partial charge in [-0.3, -0.25) is 14.6 Å². The zero-order valence-corrected chi connectivity index (χ0v) is 23.1. The van der Waals surface area contributed by atoms with Gasteiger partial charge < -0.3 is 20.5 Å². The van der Waals surface area contributed by atoms with Gasteiger partial charge in [0.1, 0.15) is 23.0 Å². The van der Waals surface area contributed by atoms with Crippen LogP contribution in [0.5, 0.6) is 0 Å². The lowest BCUT2D eigenvalue weighted by molar-refractivity contribution is 0.0930. The second kappa shape index (κ2) is 9.90. The maximum absolute atomic E-state index is 16.3. The summed E-state index contributed by atoms with van der Waals surface area (Å²) in [5.41, 5.74) is 9.66. The second-order valence-corrected chi connectivity index (χ2v) is 11.1. The first kappa shape index (κ1) is 26.6. The van der Waals surface area contributed by atoms with Gasteiger partial charge in [0.2, 0.25) is 0 Å². The second-order valence-electron chi connectivity index (χ2n) is 11.1. The molecule has 3 heterocycles. The molecule has 0 unspecified atom stereocenters. The van der Waals surface area contributed by atoms with Crippen molar-refractivity contribution < 1.29 is 22.8 Å². The molecule has 0 aliphatic heterocycles. The Labute approximate surface area is 244 Å². The van der Waals surface area contributed by atoms with E-state index in [9.17, 15) is 14.0 Å². The van der Waals surface area contributed by atoms with Crippen LogP contribution >= 0.6 is 0 Å². The molecule has 9 heteroatoms. The minimum Gasteiger partial charge on any atom is -0.460 e. The molecule has 214 valence electrons. The van der Waals surface area contributed by atoms with Crippen molar-refractivity contribution in [2.75, 3.05) is 0 Å². The Morgan fingerprint density at radius 3 is 2.56 bits per heavy atom. The molecule has 1 saturated carbocycles. The third-order valence-corrected chi connectivity index (χ3v) is 8.27. The molecule has 43 heavy (non-hydrogen) atoms. The summed E-state index contributed by atoms with van der Waals surface area (Å²) >= 11 is 0. The van der Waals surface area contributed by atoms with Crippen LogP contribution in [0.2, 0.25) is 0 Å². The lowest BCUT2D eigenvalue weighted by Gasteiger charge is -2.19. The first-order valence-corrected chi connectivity index (χ1v) is 13.9. The number of pyridine rings is 1. The standard InChI is InChI=1S/C34H26F2N4O3/c1-18-2-5-20(33(42)40-34(11-12-34)25-16-38-17-26-23(25)10-13-39-26)15-24(18)22-8-9-27-29(31(22)36)30(32(37)41)28(43-27)14-19-3-6-21(35)7-4-19/h2-10,13,15-17,39H,11-12,14H2,1H3,(H2,37,41)(H,40,42). The topological polar surface area (TPSA) is 114 Å². The number of nitrogens with two attached hydrogens (primary N) is 1. The van der Waals surface area contributed by atoms with Crippen LogP contribution in [0.1, 0.15) is 56.0 Å². The summed E-state index contributed by atoms with van der Waals surface area (Å²) < 4.78 is 35.6. The van der Waals surface area contributed by atoms with E-state index in [1.807, 2.05) is 19.2 Å². The van der Waals surface area contributed by atoms with Crippen molar-refractivity contribution in [1.29, 1.82) is 0 Å². The van der Waals surface area contributed by atoms with Crippen molar-refractivity contribution in [2.24, 2.45) is 5.73 Å². The maximum atomic E-state index is 16.3. The average molecular weight is 577 g/mol. The quantitative estimate of drug-likeness (QED) is 0.197. The molecular weight excluding hydrogens is 550 g/mol. The normalized spacial score (nSPS) is 13.8. The van der Waals surface area contributed by atoms with Crippen LogP contribution in [0.4, 0.5) is 8.78 Å². The van der Waals surface area contributed by atoms with Gasteiger partial charge >= 0.3 is 0 Å². The highest BCUT2D eigenvalue weighted by molar-refractivity contribution is 6.08. The fourth-order valence-electron chi connectivity index (χ4n) is 5.87. The van der Waals surface area contributed by atoms with Crippen molar-refractivity contribution in [2.45, 2.75) is 31.7 Å². The van der Waals surface area contributed by atoms with E-state index in [1.54, 1.807) is 54.9 Å². The number of benzene rings is 3. The molecule has 2 amide bonds. The van der Waals surface area contributed by atoms with Crippen molar-refractivity contribution in [1.82, 2.24) is 15.3 Å². The smallest absolute Gasteiger partial charge is 0.253 e. The van der Waals surface area contributed by atoms with Crippen LogP contribution < -0.4 is 11.1 Å². The van der Waals surface area contributed by atoms with Crippen LogP contribution in [-0.4, -0.2) is 21.8 Å². The van der Waals surface area contributed by atoms with E-state index in [4.69, 9.17) is 10.2 Å². The minimum atomic E-state index is -0.835. The summed E-state index contributed by atoms with van der Waals surface area (Å²) in [6.45, 7) is 1.83. The molecular formula is C34H26F2N4O3. The molecule has 6 aromatic rings. The van der Waals surface area contributed by atoms with Crippen molar-refractivity contribution in [3.05, 3.63) is 124 Å². The summed E-state index contributed by atoms with van der Waals surface area (Å²) in [6.07, 6.45) is 7.09. The van der Waals surface area contributed by atoms with Gasteiger partial charge in [-0.25, -0.2) is 8.78 Å². The Bertz CT molecular complexity index is 2070. The number of nitrogens with zero attached hydrogens (tertiary/aromatic N) is 1. The fourth-order valence-corrected chi connectivity index (χ4v) is 5.87. The van der Waals surface area contributed by atoms with Gasteiger partial charge in [0.15, 0.2) is 0 Å². The number of carbonyl (C=O) groups is 2. The lowest BCUT2D eigenvalue weighted by atomic mass is 9.94. The number of halogens is 2. The molecule has 1 aliphatic carbocycles. The van der Waals surface area contributed by atoms with Crippen LogP contribution in [0, 0.1) is 18.6 Å². The summed E-state index contributed by atoms with van der Waals surface area (Å²) in [7, 11) is 0. The van der Waals surface area contributed by atoms with E-state index >= 15 is 4.39 Å². The number of aromatic nitrogens is 2. The number of amides is 2. The number of furan rings is 1. The Morgan fingerprint density at radius 2 is 1.81 bits per heavy atom. The third-order valence-electron chi connectivity index (χ3n) is 8.27. The average Bonchev–Trinajstić information content (AvgIpc) is 3.42. The summed E-state index contributed by atoms with van der Waals surface area (Å²) in [5, 5.41) is 4.18. The highest BCUT2D eigenvalue weighted by atomic mass is 19.1. The molecule has 0 spiro atoms. The van der Waals surface area contributed by atoms with E-state index in [2.05, 4.69) is 15.3 Å². The summed E-state index contributed by atoms with van der Waals surface area (Å²) in [4.78, 5) is 33.6. The number of aryl methyl sites for hydroxylation is 1. The number of nitrogens with one attached hydrogen (secondary N) is 2. The van der Waals surface area contributed by atoms with Crippen LogP contribution in [0.25, 0.3) is 33.0 Å². The Balaban J connectivity index is 1.25. The van der Waals surface area contributed by atoms with Gasteiger partial charge in [-0.2, -0.15) is 0 Å². The minimum absolute atomic E-state index is 0.0274. The molecule has 0 bridgehead atoms. The van der Waals surface area contributed by atoms with Crippen molar-refractivity contribution in [3.8, 4) is 11.1 Å². The predicted molar refractivity (Wildman–Crippen MR) is 159 cm³/mol. The van der Waals surface area contributed by atoms with Crippen molar-refractivity contribution >= 4 is 33.7 Å². The maximum Gasteiger partial charge on any atom is 0.253 e. The SMILES string of the molecule is Cc1ccc(C(=O)NC2(c3cncc4[nH]ccc34)CC2)cc1-c1ccc2oc(Cc3ccc(F)cc3)c(C(N)=O)c2c1F. The molecule has 4 N–H and O–H groups in total. The van der Waals surface area contributed by atoms with E-state index in [0.717, 1.165) is 34.9 Å². The molecule has 1 aliphatic rings. The summed E-state index contributed by atoms with van der Waals surface area (Å²) in [6, 6.07) is 16.0.